The van der Waals surface area contributed by atoms with Crippen LogP contribution in [0.3, 0.4) is 0 Å². The van der Waals surface area contributed by atoms with Crippen molar-refractivity contribution in [2.45, 2.75) is 31.6 Å². The van der Waals surface area contributed by atoms with Gasteiger partial charge in [0.25, 0.3) is 0 Å². The highest BCUT2D eigenvalue weighted by Crippen LogP contribution is 2.36. The van der Waals surface area contributed by atoms with E-state index in [1.807, 2.05) is 30.5 Å². The normalized spacial score (nSPS) is 14.7. The maximum absolute atomic E-state index is 5.48. The fourth-order valence-corrected chi connectivity index (χ4v) is 4.94. The summed E-state index contributed by atoms with van der Waals surface area (Å²) in [5.41, 5.74) is 5.77. The van der Waals surface area contributed by atoms with Crippen molar-refractivity contribution in [3.05, 3.63) is 96.6 Å². The Balaban J connectivity index is 1.33. The number of rotatable bonds is 8. The Morgan fingerprint density at radius 1 is 0.914 bits per heavy atom. The number of aromatic nitrogens is 3. The first-order chi connectivity index (χ1) is 17.3. The van der Waals surface area contributed by atoms with Crippen LogP contribution in [0.25, 0.3) is 22.5 Å². The Morgan fingerprint density at radius 2 is 1.71 bits per heavy atom. The summed E-state index contributed by atoms with van der Waals surface area (Å²) in [5.74, 6) is 2.02. The molecule has 35 heavy (non-hydrogen) atoms. The number of piperidine rings is 1. The van der Waals surface area contributed by atoms with Crippen molar-refractivity contribution in [1.82, 2.24) is 19.9 Å². The Labute approximate surface area is 207 Å². The van der Waals surface area contributed by atoms with E-state index in [0.717, 1.165) is 72.9 Å². The Morgan fingerprint density at radius 3 is 2.49 bits per heavy atom. The summed E-state index contributed by atoms with van der Waals surface area (Å²) < 4.78 is 5.48. The van der Waals surface area contributed by atoms with Crippen molar-refractivity contribution in [3.63, 3.8) is 0 Å². The van der Waals surface area contributed by atoms with Crippen molar-refractivity contribution < 1.29 is 4.74 Å². The maximum Gasteiger partial charge on any atom is 0.159 e. The van der Waals surface area contributed by atoms with Crippen LogP contribution in [-0.2, 0) is 6.42 Å². The smallest absolute Gasteiger partial charge is 0.159 e. The molecule has 0 bridgehead atoms. The molecule has 0 radical (unpaired) electrons. The quantitative estimate of drug-likeness (QED) is 0.319. The van der Waals surface area contributed by atoms with Gasteiger partial charge in [-0.05, 0) is 80.7 Å². The Hall–Kier alpha value is -3.57. The molecular weight excluding hydrogens is 432 g/mol. The van der Waals surface area contributed by atoms with Crippen LogP contribution in [0.2, 0.25) is 0 Å². The monoisotopic (exact) mass is 464 g/mol. The summed E-state index contributed by atoms with van der Waals surface area (Å²) in [4.78, 5) is 16.6. The van der Waals surface area contributed by atoms with E-state index in [-0.39, 0.29) is 0 Å². The highest BCUT2D eigenvalue weighted by atomic mass is 16.5. The lowest BCUT2D eigenvalue weighted by Crippen LogP contribution is -2.34. The van der Waals surface area contributed by atoms with E-state index in [9.17, 15) is 0 Å². The van der Waals surface area contributed by atoms with E-state index in [1.54, 1.807) is 19.5 Å². The van der Waals surface area contributed by atoms with Gasteiger partial charge in [0.15, 0.2) is 5.82 Å². The van der Waals surface area contributed by atoms with Crippen molar-refractivity contribution in [1.29, 1.82) is 0 Å². The van der Waals surface area contributed by atoms with Gasteiger partial charge in [-0.2, -0.15) is 0 Å². The minimum absolute atomic E-state index is 0.408. The number of hydrogen-bond acceptors (Lipinski definition) is 5. The van der Waals surface area contributed by atoms with Gasteiger partial charge in [-0.15, -0.1) is 0 Å². The summed E-state index contributed by atoms with van der Waals surface area (Å²) in [6.07, 6.45) is 10.1. The molecule has 0 unspecified atom stereocenters. The second-order valence-electron chi connectivity index (χ2n) is 9.17. The lowest BCUT2D eigenvalue weighted by Gasteiger charge is -2.32. The van der Waals surface area contributed by atoms with E-state index in [4.69, 9.17) is 14.7 Å². The molecule has 0 saturated carbocycles. The Bertz CT molecular complexity index is 1220. The van der Waals surface area contributed by atoms with Crippen molar-refractivity contribution in [3.8, 4) is 28.3 Å². The number of likely N-dealkylation sites (tertiary alicyclic amines) is 1. The van der Waals surface area contributed by atoms with Gasteiger partial charge in [0.2, 0.25) is 0 Å². The molecule has 4 aromatic rings. The van der Waals surface area contributed by atoms with Crippen LogP contribution >= 0.6 is 0 Å². The molecule has 3 heterocycles. The zero-order chi connectivity index (χ0) is 23.9. The maximum atomic E-state index is 5.48. The van der Waals surface area contributed by atoms with E-state index in [2.05, 4.69) is 52.3 Å². The van der Waals surface area contributed by atoms with Crippen LogP contribution in [0.15, 0.2) is 85.3 Å². The van der Waals surface area contributed by atoms with Gasteiger partial charge in [0, 0.05) is 35.6 Å². The second-order valence-corrected chi connectivity index (χ2v) is 9.17. The average molecular weight is 465 g/mol. The molecule has 0 N–H and O–H groups in total. The van der Waals surface area contributed by atoms with Gasteiger partial charge in [0.05, 0.1) is 12.8 Å². The number of ether oxygens (including phenoxy) is 1. The van der Waals surface area contributed by atoms with Crippen LogP contribution < -0.4 is 4.74 Å². The molecule has 5 rings (SSSR count). The summed E-state index contributed by atoms with van der Waals surface area (Å²) in [5, 5.41) is 0. The highest BCUT2D eigenvalue weighted by Gasteiger charge is 2.25. The molecule has 0 spiro atoms. The number of benzene rings is 2. The summed E-state index contributed by atoms with van der Waals surface area (Å²) >= 11 is 0. The molecule has 5 heteroatoms. The minimum atomic E-state index is 0.408. The average Bonchev–Trinajstić information content (AvgIpc) is 2.94. The first-order valence-corrected chi connectivity index (χ1v) is 12.5. The molecule has 0 atom stereocenters. The zero-order valence-corrected chi connectivity index (χ0v) is 20.3. The number of pyridine rings is 1. The first kappa shape index (κ1) is 23.2. The lowest BCUT2D eigenvalue weighted by atomic mass is 9.88. The largest absolute Gasteiger partial charge is 0.497 e. The molecule has 2 aromatic heterocycles. The van der Waals surface area contributed by atoms with Gasteiger partial charge in [-0.3, -0.25) is 4.98 Å². The van der Waals surface area contributed by atoms with Gasteiger partial charge < -0.3 is 9.64 Å². The van der Waals surface area contributed by atoms with E-state index in [1.165, 1.54) is 12.0 Å². The predicted octanol–water partition coefficient (Wildman–Crippen LogP) is 6.03. The number of hydrogen-bond donors (Lipinski definition) is 0. The number of aryl methyl sites for hydroxylation is 1. The van der Waals surface area contributed by atoms with Crippen LogP contribution in [-0.4, -0.2) is 46.6 Å². The second kappa shape index (κ2) is 11.2. The summed E-state index contributed by atoms with van der Waals surface area (Å²) in [6.45, 7) is 3.35. The molecule has 1 aliphatic heterocycles. The fraction of sp³-hybridized carbons (Fsp3) is 0.300. The van der Waals surface area contributed by atoms with Crippen LogP contribution in [0.1, 0.15) is 36.4 Å². The standard InChI is InChI=1S/C30H32N4O/c1-35-27-11-5-10-26(21-27)28-22-32-30(25-12-16-31-17-13-25)33-29(28)24-14-19-34(20-15-24)18-6-9-23-7-3-2-4-8-23/h2-5,7-8,10-13,16-17,21-22,24H,6,9,14-15,18-20H2,1H3. The minimum Gasteiger partial charge on any atom is -0.497 e. The molecule has 178 valence electrons. The van der Waals surface area contributed by atoms with Crippen molar-refractivity contribution in [2.24, 2.45) is 0 Å². The molecule has 0 amide bonds. The van der Waals surface area contributed by atoms with E-state index >= 15 is 0 Å². The molecule has 2 aromatic carbocycles. The third-order valence-electron chi connectivity index (χ3n) is 6.89. The molecular formula is C30H32N4O. The molecule has 5 nitrogen and oxygen atoms in total. The highest BCUT2D eigenvalue weighted by molar-refractivity contribution is 5.69. The molecule has 0 aliphatic carbocycles. The van der Waals surface area contributed by atoms with Gasteiger partial charge >= 0.3 is 0 Å². The lowest BCUT2D eigenvalue weighted by molar-refractivity contribution is 0.209. The number of nitrogens with zero attached hydrogens (tertiary/aromatic N) is 4. The van der Waals surface area contributed by atoms with Gasteiger partial charge in [-0.1, -0.05) is 42.5 Å². The third kappa shape index (κ3) is 5.75. The topological polar surface area (TPSA) is 51.1 Å². The van der Waals surface area contributed by atoms with Crippen LogP contribution in [0, 0.1) is 0 Å². The predicted molar refractivity (Wildman–Crippen MR) is 140 cm³/mol. The number of methoxy groups -OCH3 is 1. The molecule has 1 saturated heterocycles. The van der Waals surface area contributed by atoms with Crippen LogP contribution in [0.5, 0.6) is 5.75 Å². The molecule has 1 fully saturated rings. The van der Waals surface area contributed by atoms with Gasteiger partial charge in [-0.25, -0.2) is 9.97 Å². The van der Waals surface area contributed by atoms with Crippen molar-refractivity contribution >= 4 is 0 Å². The summed E-state index contributed by atoms with van der Waals surface area (Å²) in [7, 11) is 1.70. The SMILES string of the molecule is COc1cccc(-c2cnc(-c3ccncc3)nc2C2CCN(CCCc3ccccc3)CC2)c1. The van der Waals surface area contributed by atoms with Crippen LogP contribution in [0.4, 0.5) is 0 Å². The summed E-state index contributed by atoms with van der Waals surface area (Å²) in [6, 6.07) is 22.9. The fourth-order valence-electron chi connectivity index (χ4n) is 4.94. The van der Waals surface area contributed by atoms with Gasteiger partial charge in [0.1, 0.15) is 5.75 Å². The third-order valence-corrected chi connectivity index (χ3v) is 6.89. The van der Waals surface area contributed by atoms with E-state index in [0.29, 0.717) is 5.92 Å². The molecule has 1 aliphatic rings. The van der Waals surface area contributed by atoms with Crippen molar-refractivity contribution in [2.75, 3.05) is 26.7 Å². The zero-order valence-electron chi connectivity index (χ0n) is 20.3. The Kier molecular flexibility index (Phi) is 7.44. The van der Waals surface area contributed by atoms with E-state index < -0.39 is 0 Å². The first-order valence-electron chi connectivity index (χ1n) is 12.5.